The Morgan fingerprint density at radius 3 is 2.14 bits per heavy atom. The van der Waals surface area contributed by atoms with E-state index in [-0.39, 0.29) is 19.0 Å². The Kier molecular flexibility index (Phi) is 9.63. The molecule has 1 atom stereocenters. The number of amides is 1. The Hall–Kier alpha value is -2.51. The van der Waals surface area contributed by atoms with E-state index in [9.17, 15) is 14.3 Å². The molecule has 3 aromatic carbocycles. The van der Waals surface area contributed by atoms with Gasteiger partial charge in [0.05, 0.1) is 21.8 Å². The number of nitrogens with zero attached hydrogens (tertiary/aromatic N) is 3. The van der Waals surface area contributed by atoms with Crippen molar-refractivity contribution in [2.24, 2.45) is 0 Å². The Balaban J connectivity index is 0.00000342. The van der Waals surface area contributed by atoms with Gasteiger partial charge >= 0.3 is 6.09 Å². The predicted molar refractivity (Wildman–Crippen MR) is 145 cm³/mol. The van der Waals surface area contributed by atoms with Crippen LogP contribution in [0, 0.1) is 0 Å². The van der Waals surface area contributed by atoms with Crippen molar-refractivity contribution < 1.29 is 14.3 Å². The van der Waals surface area contributed by atoms with Crippen molar-refractivity contribution in [3.63, 3.8) is 0 Å². The number of carbonyl (C=O) groups is 1. The first kappa shape index (κ1) is 27.1. The summed E-state index contributed by atoms with van der Waals surface area (Å²) in [6, 6.07) is 22.2. The number of rotatable bonds is 7. The lowest BCUT2D eigenvalue weighted by molar-refractivity contribution is 0.154. The molecule has 1 heterocycles. The van der Waals surface area contributed by atoms with Gasteiger partial charge in [0.1, 0.15) is 6.67 Å². The molecular weight excluding hydrogens is 512 g/mol. The summed E-state index contributed by atoms with van der Waals surface area (Å²) in [7, 11) is 0. The van der Waals surface area contributed by atoms with Crippen LogP contribution in [-0.2, 0) is 0 Å². The predicted octanol–water partition coefficient (Wildman–Crippen LogP) is 6.73. The summed E-state index contributed by atoms with van der Waals surface area (Å²) in [5.41, 5.74) is 3.43. The smallest absolute Gasteiger partial charge is 0.411 e. The molecule has 186 valence electrons. The first-order chi connectivity index (χ1) is 16.5. The maximum atomic E-state index is 14.1. The maximum absolute atomic E-state index is 14.1. The average Bonchev–Trinajstić information content (AvgIpc) is 2.87. The molecule has 5 nitrogen and oxygen atoms in total. The number of anilines is 2. The second-order valence-electron chi connectivity index (χ2n) is 8.21. The summed E-state index contributed by atoms with van der Waals surface area (Å²) in [5.74, 6) is 0. The minimum atomic E-state index is -1.10. The zero-order valence-electron chi connectivity index (χ0n) is 19.0. The molecule has 4 rings (SSSR count). The van der Waals surface area contributed by atoms with Crippen LogP contribution in [0.3, 0.4) is 0 Å². The highest BCUT2D eigenvalue weighted by Crippen LogP contribution is 2.33. The van der Waals surface area contributed by atoms with Gasteiger partial charge in [0.15, 0.2) is 0 Å². The van der Waals surface area contributed by atoms with Crippen molar-refractivity contribution in [1.29, 1.82) is 0 Å². The molecule has 0 aliphatic carbocycles. The Bertz CT molecular complexity index is 1110. The van der Waals surface area contributed by atoms with E-state index < -0.39 is 18.8 Å². The van der Waals surface area contributed by atoms with E-state index in [0.717, 1.165) is 16.8 Å². The van der Waals surface area contributed by atoms with Crippen LogP contribution >= 0.6 is 35.6 Å². The standard InChI is InChI=1S/C26H26Cl2FN3O2.ClH/c27-23-7-4-8-24(25(23)28)31-15-13-30(14-16-31)22(17-29)18-32(26(33)34)21-11-9-20(10-12-21)19-5-2-1-3-6-19;/h1-12,22H,13-18H2,(H,33,34);1H. The van der Waals surface area contributed by atoms with Crippen molar-refractivity contribution in [2.45, 2.75) is 6.04 Å². The molecule has 0 aromatic heterocycles. The molecule has 1 saturated heterocycles. The first-order valence-electron chi connectivity index (χ1n) is 11.1. The van der Waals surface area contributed by atoms with Crippen LogP contribution < -0.4 is 9.80 Å². The molecular formula is C26H27Cl3FN3O2. The molecule has 1 aliphatic heterocycles. The van der Waals surface area contributed by atoms with Gasteiger partial charge in [0, 0.05) is 38.4 Å². The van der Waals surface area contributed by atoms with Crippen molar-refractivity contribution in [2.75, 3.05) is 49.2 Å². The third-order valence-electron chi connectivity index (χ3n) is 6.19. The fourth-order valence-electron chi connectivity index (χ4n) is 4.30. The molecule has 35 heavy (non-hydrogen) atoms. The number of hydrogen-bond acceptors (Lipinski definition) is 3. The van der Waals surface area contributed by atoms with Gasteiger partial charge < -0.3 is 10.0 Å². The molecule has 9 heteroatoms. The molecule has 0 bridgehead atoms. The molecule has 1 N–H and O–H groups in total. The second kappa shape index (κ2) is 12.5. The Morgan fingerprint density at radius 2 is 1.54 bits per heavy atom. The summed E-state index contributed by atoms with van der Waals surface area (Å²) >= 11 is 12.5. The van der Waals surface area contributed by atoms with E-state index in [1.165, 1.54) is 4.90 Å². The first-order valence-corrected chi connectivity index (χ1v) is 11.9. The minimum absolute atomic E-state index is 0. The second-order valence-corrected chi connectivity index (χ2v) is 9.00. The van der Waals surface area contributed by atoms with E-state index in [0.29, 0.717) is 41.9 Å². The number of piperazine rings is 1. The molecule has 3 aromatic rings. The fraction of sp³-hybridized carbons (Fsp3) is 0.269. The van der Waals surface area contributed by atoms with Gasteiger partial charge in [0.2, 0.25) is 0 Å². The third-order valence-corrected chi connectivity index (χ3v) is 7.00. The average molecular weight is 539 g/mol. The number of hydrogen-bond donors (Lipinski definition) is 1. The molecule has 1 aliphatic rings. The zero-order valence-corrected chi connectivity index (χ0v) is 21.3. The van der Waals surface area contributed by atoms with Crippen LogP contribution in [0.1, 0.15) is 0 Å². The van der Waals surface area contributed by atoms with E-state index in [2.05, 4.69) is 4.90 Å². The fourth-order valence-corrected chi connectivity index (χ4v) is 4.71. The Morgan fingerprint density at radius 1 is 0.914 bits per heavy atom. The number of halogens is 4. The van der Waals surface area contributed by atoms with Gasteiger partial charge in [-0.3, -0.25) is 9.80 Å². The van der Waals surface area contributed by atoms with Crippen LogP contribution in [0.25, 0.3) is 11.1 Å². The highest BCUT2D eigenvalue weighted by atomic mass is 35.5. The van der Waals surface area contributed by atoms with E-state index in [4.69, 9.17) is 23.2 Å². The summed E-state index contributed by atoms with van der Waals surface area (Å²) in [6.45, 7) is 1.90. The van der Waals surface area contributed by atoms with E-state index in [1.54, 1.807) is 18.2 Å². The minimum Gasteiger partial charge on any atom is -0.465 e. The molecule has 1 unspecified atom stereocenters. The van der Waals surface area contributed by atoms with Gasteiger partial charge in [-0.2, -0.15) is 0 Å². The van der Waals surface area contributed by atoms with Gasteiger partial charge in [0.25, 0.3) is 0 Å². The molecule has 1 fully saturated rings. The number of alkyl halides is 1. The van der Waals surface area contributed by atoms with Crippen LogP contribution in [0.2, 0.25) is 10.0 Å². The van der Waals surface area contributed by atoms with Gasteiger partial charge in [-0.25, -0.2) is 9.18 Å². The van der Waals surface area contributed by atoms with Gasteiger partial charge in [-0.1, -0.05) is 71.7 Å². The molecule has 0 spiro atoms. The summed E-state index contributed by atoms with van der Waals surface area (Å²) in [6.07, 6.45) is -1.10. The number of benzene rings is 3. The maximum Gasteiger partial charge on any atom is 0.411 e. The highest BCUT2D eigenvalue weighted by molar-refractivity contribution is 6.43. The zero-order chi connectivity index (χ0) is 24.1. The third kappa shape index (κ3) is 6.39. The van der Waals surface area contributed by atoms with Gasteiger partial charge in [-0.05, 0) is 35.4 Å². The van der Waals surface area contributed by atoms with Crippen LogP contribution in [-0.4, -0.2) is 61.5 Å². The highest BCUT2D eigenvalue weighted by Gasteiger charge is 2.28. The van der Waals surface area contributed by atoms with E-state index in [1.807, 2.05) is 59.5 Å². The van der Waals surface area contributed by atoms with Crippen molar-refractivity contribution >= 4 is 53.1 Å². The van der Waals surface area contributed by atoms with Crippen molar-refractivity contribution in [3.8, 4) is 11.1 Å². The molecule has 0 saturated carbocycles. The molecule has 0 radical (unpaired) electrons. The summed E-state index contributed by atoms with van der Waals surface area (Å²) in [4.78, 5) is 17.4. The summed E-state index contributed by atoms with van der Waals surface area (Å²) in [5, 5.41) is 10.9. The van der Waals surface area contributed by atoms with Crippen LogP contribution in [0.4, 0.5) is 20.6 Å². The topological polar surface area (TPSA) is 47.0 Å². The van der Waals surface area contributed by atoms with Gasteiger partial charge in [-0.15, -0.1) is 12.4 Å². The normalized spacial score (nSPS) is 14.8. The monoisotopic (exact) mass is 537 g/mol. The number of carboxylic acid groups (broad SMARTS) is 1. The summed E-state index contributed by atoms with van der Waals surface area (Å²) < 4.78 is 14.1. The lowest BCUT2D eigenvalue weighted by Gasteiger charge is -2.40. The molecule has 1 amide bonds. The van der Waals surface area contributed by atoms with Crippen molar-refractivity contribution in [1.82, 2.24) is 4.90 Å². The van der Waals surface area contributed by atoms with Crippen LogP contribution in [0.15, 0.2) is 72.8 Å². The SMILES string of the molecule is Cl.O=C(O)N(CC(CF)N1CCN(c2cccc(Cl)c2Cl)CC1)c1ccc(-c2ccccc2)cc1. The quantitative estimate of drug-likeness (QED) is 0.362. The Labute approximate surface area is 221 Å². The van der Waals surface area contributed by atoms with Crippen molar-refractivity contribution in [3.05, 3.63) is 82.8 Å². The lowest BCUT2D eigenvalue weighted by Crippen LogP contribution is -2.55. The largest absolute Gasteiger partial charge is 0.465 e. The van der Waals surface area contributed by atoms with Crippen LogP contribution in [0.5, 0.6) is 0 Å². The van der Waals surface area contributed by atoms with E-state index >= 15 is 0 Å². The lowest BCUT2D eigenvalue weighted by atomic mass is 10.1.